The zero-order chi connectivity index (χ0) is 25.6. The van der Waals surface area contributed by atoms with Crippen LogP contribution in [0.25, 0.3) is 11.5 Å². The molecule has 2 aromatic heterocycles. The third-order valence-corrected chi connectivity index (χ3v) is 6.98. The molecule has 0 unspecified atom stereocenters. The Morgan fingerprint density at radius 1 is 0.973 bits per heavy atom. The molecule has 9 nitrogen and oxygen atoms in total. The number of amides is 2. The molecule has 1 saturated heterocycles. The van der Waals surface area contributed by atoms with Gasteiger partial charge in [-0.25, -0.2) is 0 Å². The van der Waals surface area contributed by atoms with Crippen molar-refractivity contribution in [2.45, 2.75) is 5.22 Å². The van der Waals surface area contributed by atoms with E-state index in [1.807, 2.05) is 47.4 Å². The number of anilines is 2. The fraction of sp³-hybridized carbons (Fsp3) is 0.192. The van der Waals surface area contributed by atoms with Crippen LogP contribution in [0, 0.1) is 0 Å². The number of carbonyl (C=O) groups is 2. The van der Waals surface area contributed by atoms with Gasteiger partial charge in [-0.2, -0.15) is 0 Å². The molecule has 1 fully saturated rings. The summed E-state index contributed by atoms with van der Waals surface area (Å²) in [5, 5.41) is 11.6. The standard InChI is InChI=1S/C26H23ClN6O3S/c27-22-6-2-1-5-21(22)25(35)33-14-12-32(13-15-33)20-9-7-19(8-10-20)29-23(34)17-37-26-31-30-24(36-26)18-4-3-11-28-16-18/h1-11,16H,12-15,17H2,(H,29,34). The molecule has 3 heterocycles. The van der Waals surface area contributed by atoms with Gasteiger partial charge in [0.25, 0.3) is 11.1 Å². The third kappa shape index (κ3) is 6.10. The average molecular weight is 535 g/mol. The van der Waals surface area contributed by atoms with Crippen LogP contribution in [0.4, 0.5) is 11.4 Å². The number of thioether (sulfide) groups is 1. The minimum Gasteiger partial charge on any atom is -0.411 e. The van der Waals surface area contributed by atoms with E-state index >= 15 is 0 Å². The van der Waals surface area contributed by atoms with Crippen molar-refractivity contribution in [3.8, 4) is 11.5 Å². The van der Waals surface area contributed by atoms with Crippen LogP contribution in [0.3, 0.4) is 0 Å². The van der Waals surface area contributed by atoms with Gasteiger partial charge in [0.1, 0.15) is 0 Å². The van der Waals surface area contributed by atoms with E-state index in [-0.39, 0.29) is 17.6 Å². The summed E-state index contributed by atoms with van der Waals surface area (Å²) in [5.74, 6) is 0.277. The van der Waals surface area contributed by atoms with Gasteiger partial charge in [-0.3, -0.25) is 14.6 Å². The van der Waals surface area contributed by atoms with Crippen molar-refractivity contribution in [2.24, 2.45) is 0 Å². The van der Waals surface area contributed by atoms with Gasteiger partial charge in [-0.15, -0.1) is 10.2 Å². The fourth-order valence-electron chi connectivity index (χ4n) is 3.93. The first-order chi connectivity index (χ1) is 18.1. The molecule has 1 N–H and O–H groups in total. The molecule has 1 aliphatic heterocycles. The smallest absolute Gasteiger partial charge is 0.277 e. The number of hydrogen-bond donors (Lipinski definition) is 1. The first-order valence-electron chi connectivity index (χ1n) is 11.6. The zero-order valence-electron chi connectivity index (χ0n) is 19.7. The molecule has 0 spiro atoms. The molecule has 4 aromatic rings. The number of aromatic nitrogens is 3. The molecule has 37 heavy (non-hydrogen) atoms. The summed E-state index contributed by atoms with van der Waals surface area (Å²) < 4.78 is 5.59. The molecule has 0 saturated carbocycles. The lowest BCUT2D eigenvalue weighted by Gasteiger charge is -2.36. The number of halogens is 1. The predicted octanol–water partition coefficient (Wildman–Crippen LogP) is 4.48. The van der Waals surface area contributed by atoms with Crippen LogP contribution in [0.15, 0.2) is 82.7 Å². The lowest BCUT2D eigenvalue weighted by molar-refractivity contribution is -0.113. The highest BCUT2D eigenvalue weighted by Gasteiger charge is 2.23. The second-order valence-electron chi connectivity index (χ2n) is 8.26. The van der Waals surface area contributed by atoms with Gasteiger partial charge < -0.3 is 19.5 Å². The van der Waals surface area contributed by atoms with Crippen molar-refractivity contribution in [3.05, 3.63) is 83.6 Å². The Bertz CT molecular complexity index is 1370. The molecule has 0 aliphatic carbocycles. The van der Waals surface area contributed by atoms with Gasteiger partial charge in [0, 0.05) is 49.9 Å². The Kier molecular flexibility index (Phi) is 7.67. The number of carbonyl (C=O) groups excluding carboxylic acids is 2. The Morgan fingerprint density at radius 2 is 1.76 bits per heavy atom. The summed E-state index contributed by atoms with van der Waals surface area (Å²) in [4.78, 5) is 33.3. The Morgan fingerprint density at radius 3 is 2.49 bits per heavy atom. The molecular formula is C26H23ClN6O3S. The molecule has 11 heteroatoms. The van der Waals surface area contributed by atoms with E-state index in [1.54, 1.807) is 30.6 Å². The van der Waals surface area contributed by atoms with Gasteiger partial charge in [0.2, 0.25) is 11.8 Å². The summed E-state index contributed by atoms with van der Waals surface area (Å²) in [5.41, 5.74) is 2.98. The van der Waals surface area contributed by atoms with E-state index < -0.39 is 0 Å². The number of pyridine rings is 1. The fourth-order valence-corrected chi connectivity index (χ4v) is 4.71. The quantitative estimate of drug-likeness (QED) is 0.346. The molecule has 188 valence electrons. The van der Waals surface area contributed by atoms with Gasteiger partial charge >= 0.3 is 0 Å². The summed E-state index contributed by atoms with van der Waals surface area (Å²) >= 11 is 7.36. The molecule has 0 bridgehead atoms. The van der Waals surface area contributed by atoms with Crippen molar-refractivity contribution >= 4 is 46.6 Å². The van der Waals surface area contributed by atoms with Crippen molar-refractivity contribution < 1.29 is 14.0 Å². The molecule has 2 aromatic carbocycles. The number of nitrogens with zero attached hydrogens (tertiary/aromatic N) is 5. The number of hydrogen-bond acceptors (Lipinski definition) is 8. The highest BCUT2D eigenvalue weighted by atomic mass is 35.5. The van der Waals surface area contributed by atoms with Gasteiger partial charge in [0.05, 0.1) is 21.9 Å². The number of rotatable bonds is 7. The maximum atomic E-state index is 12.8. The van der Waals surface area contributed by atoms with Crippen LogP contribution < -0.4 is 10.2 Å². The first kappa shape index (κ1) is 24.8. The van der Waals surface area contributed by atoms with E-state index in [9.17, 15) is 9.59 Å². The lowest BCUT2D eigenvalue weighted by Crippen LogP contribution is -2.48. The maximum absolute atomic E-state index is 12.8. The largest absolute Gasteiger partial charge is 0.411 e. The Balaban J connectivity index is 1.09. The van der Waals surface area contributed by atoms with E-state index in [0.29, 0.717) is 53.6 Å². The van der Waals surface area contributed by atoms with Crippen LogP contribution in [0.1, 0.15) is 10.4 Å². The monoisotopic (exact) mass is 534 g/mol. The van der Waals surface area contributed by atoms with E-state index in [2.05, 4.69) is 25.4 Å². The summed E-state index contributed by atoms with van der Waals surface area (Å²) in [6.45, 7) is 2.64. The molecule has 0 radical (unpaired) electrons. The van der Waals surface area contributed by atoms with Crippen molar-refractivity contribution in [2.75, 3.05) is 42.1 Å². The van der Waals surface area contributed by atoms with Crippen LogP contribution >= 0.6 is 23.4 Å². The Labute approximate surface area is 222 Å². The molecule has 2 amide bonds. The molecule has 5 rings (SSSR count). The summed E-state index contributed by atoms with van der Waals surface area (Å²) in [6, 6.07) is 18.4. The van der Waals surface area contributed by atoms with Crippen LogP contribution in [0.5, 0.6) is 0 Å². The minimum absolute atomic E-state index is 0.0463. The topological polar surface area (TPSA) is 104 Å². The minimum atomic E-state index is -0.175. The van der Waals surface area contributed by atoms with Crippen LogP contribution in [-0.4, -0.2) is 63.8 Å². The van der Waals surface area contributed by atoms with Crippen LogP contribution in [-0.2, 0) is 4.79 Å². The number of nitrogens with one attached hydrogen (secondary N) is 1. The molecule has 0 atom stereocenters. The van der Waals surface area contributed by atoms with Gasteiger partial charge in [0.15, 0.2) is 0 Å². The predicted molar refractivity (Wildman–Crippen MR) is 143 cm³/mol. The highest BCUT2D eigenvalue weighted by molar-refractivity contribution is 7.99. The normalized spacial score (nSPS) is 13.4. The molecule has 1 aliphatic rings. The second kappa shape index (κ2) is 11.4. The second-order valence-corrected chi connectivity index (χ2v) is 9.59. The van der Waals surface area contributed by atoms with E-state index in [0.717, 1.165) is 11.3 Å². The van der Waals surface area contributed by atoms with E-state index in [4.69, 9.17) is 16.0 Å². The van der Waals surface area contributed by atoms with E-state index in [1.165, 1.54) is 11.8 Å². The Hall–Kier alpha value is -3.89. The summed E-state index contributed by atoms with van der Waals surface area (Å²) in [6.07, 6.45) is 3.30. The molecular weight excluding hydrogens is 512 g/mol. The third-order valence-electron chi connectivity index (χ3n) is 5.83. The van der Waals surface area contributed by atoms with Crippen molar-refractivity contribution in [1.82, 2.24) is 20.1 Å². The van der Waals surface area contributed by atoms with Gasteiger partial charge in [-0.1, -0.05) is 35.5 Å². The van der Waals surface area contributed by atoms with Crippen LogP contribution in [0.2, 0.25) is 5.02 Å². The number of benzene rings is 2. The SMILES string of the molecule is O=C(CSc1nnc(-c2cccnc2)o1)Nc1ccc(N2CCN(C(=O)c3ccccc3Cl)CC2)cc1. The maximum Gasteiger partial charge on any atom is 0.277 e. The lowest BCUT2D eigenvalue weighted by atomic mass is 10.1. The highest BCUT2D eigenvalue weighted by Crippen LogP contribution is 2.24. The zero-order valence-corrected chi connectivity index (χ0v) is 21.3. The number of piperazine rings is 1. The van der Waals surface area contributed by atoms with Crippen molar-refractivity contribution in [1.29, 1.82) is 0 Å². The first-order valence-corrected chi connectivity index (χ1v) is 13.0. The average Bonchev–Trinajstić information content (AvgIpc) is 3.42. The van der Waals surface area contributed by atoms with Crippen molar-refractivity contribution in [3.63, 3.8) is 0 Å². The summed E-state index contributed by atoms with van der Waals surface area (Å²) in [7, 11) is 0. The van der Waals surface area contributed by atoms with Gasteiger partial charge in [-0.05, 0) is 48.5 Å².